The zero-order chi connectivity index (χ0) is 15.4. The fourth-order valence-corrected chi connectivity index (χ4v) is 3.81. The molecule has 0 aromatic carbocycles. The fraction of sp³-hybridized carbons (Fsp3) is 0.824. The highest BCUT2D eigenvalue weighted by Gasteiger charge is 2.29. The Labute approximate surface area is 133 Å². The molecule has 2 fully saturated rings. The van der Waals surface area contributed by atoms with Crippen LogP contribution in [-0.4, -0.2) is 61.1 Å². The van der Waals surface area contributed by atoms with E-state index in [1.807, 2.05) is 11.8 Å². The van der Waals surface area contributed by atoms with Gasteiger partial charge in [-0.05, 0) is 26.2 Å². The number of hydrogen-bond acceptors (Lipinski definition) is 4. The molecule has 0 spiro atoms. The Hall–Kier alpha value is -1.23. The first kappa shape index (κ1) is 15.7. The number of carbonyl (C=O) groups excluding carboxylic acids is 1. The molecule has 0 bridgehead atoms. The van der Waals surface area contributed by atoms with E-state index in [1.54, 1.807) is 0 Å². The lowest BCUT2D eigenvalue weighted by Gasteiger charge is -2.33. The molecule has 5 nitrogen and oxygen atoms in total. The van der Waals surface area contributed by atoms with Gasteiger partial charge >= 0.3 is 0 Å². The molecule has 5 heteroatoms. The molecule has 1 saturated carbocycles. The maximum Gasteiger partial charge on any atom is 0.292 e. The van der Waals surface area contributed by atoms with Crippen LogP contribution in [0.2, 0.25) is 0 Å². The van der Waals surface area contributed by atoms with Crippen LogP contribution in [-0.2, 0) is 14.3 Å². The van der Waals surface area contributed by atoms with E-state index in [2.05, 4.69) is 4.90 Å². The Bertz CT molecular complexity index is 430. The minimum absolute atomic E-state index is 0.00249. The fourth-order valence-electron chi connectivity index (χ4n) is 3.81. The first-order chi connectivity index (χ1) is 10.8. The highest BCUT2D eigenvalue weighted by Crippen LogP contribution is 2.24. The molecule has 0 aromatic rings. The molecule has 1 saturated heterocycles. The molecule has 0 atom stereocenters. The summed E-state index contributed by atoms with van der Waals surface area (Å²) in [5.41, 5.74) is 0. The highest BCUT2D eigenvalue weighted by atomic mass is 16.6. The van der Waals surface area contributed by atoms with Crippen molar-refractivity contribution in [2.24, 2.45) is 0 Å². The number of ether oxygens (including phenoxy) is 2. The summed E-state index contributed by atoms with van der Waals surface area (Å²) in [4.78, 5) is 17.2. The first-order valence-electron chi connectivity index (χ1n) is 8.75. The second-order valence-corrected chi connectivity index (χ2v) is 6.56. The lowest BCUT2D eigenvalue weighted by Crippen LogP contribution is -2.41. The molecular weight excluding hydrogens is 280 g/mol. The smallest absolute Gasteiger partial charge is 0.292 e. The topological polar surface area (TPSA) is 42.0 Å². The van der Waals surface area contributed by atoms with Crippen molar-refractivity contribution in [3.05, 3.63) is 11.5 Å². The van der Waals surface area contributed by atoms with Crippen LogP contribution in [0.4, 0.5) is 0 Å². The van der Waals surface area contributed by atoms with Crippen LogP contribution >= 0.6 is 0 Å². The monoisotopic (exact) mass is 308 g/mol. The maximum absolute atomic E-state index is 12.6. The molecule has 3 aliphatic rings. The minimum Gasteiger partial charge on any atom is -0.491 e. The van der Waals surface area contributed by atoms with Gasteiger partial charge in [0.2, 0.25) is 5.76 Å². The van der Waals surface area contributed by atoms with Gasteiger partial charge < -0.3 is 14.4 Å². The number of hydrogen-bond donors (Lipinski definition) is 0. The summed E-state index contributed by atoms with van der Waals surface area (Å²) in [6.07, 6.45) is 7.82. The predicted molar refractivity (Wildman–Crippen MR) is 84.2 cm³/mol. The summed E-state index contributed by atoms with van der Waals surface area (Å²) in [7, 11) is 0. The molecule has 22 heavy (non-hydrogen) atoms. The van der Waals surface area contributed by atoms with Crippen molar-refractivity contribution < 1.29 is 14.3 Å². The number of nitrogens with zero attached hydrogens (tertiary/aromatic N) is 2. The Kier molecular flexibility index (Phi) is 5.24. The van der Waals surface area contributed by atoms with E-state index in [0.717, 1.165) is 38.6 Å². The van der Waals surface area contributed by atoms with Crippen molar-refractivity contribution in [3.8, 4) is 0 Å². The summed E-state index contributed by atoms with van der Waals surface area (Å²) >= 11 is 0. The SMILES string of the molecule is CC1=C(C(=O)N2CCCN(C3CCCCC3)CC2)OCCO1. The lowest BCUT2D eigenvalue weighted by molar-refractivity contribution is -0.132. The third-order valence-electron chi connectivity index (χ3n) is 5.07. The van der Waals surface area contributed by atoms with Gasteiger partial charge in [-0.2, -0.15) is 0 Å². The molecule has 2 heterocycles. The summed E-state index contributed by atoms with van der Waals surface area (Å²) in [6, 6.07) is 0.735. The Morgan fingerprint density at radius 2 is 1.73 bits per heavy atom. The van der Waals surface area contributed by atoms with Crippen LogP contribution in [0.3, 0.4) is 0 Å². The van der Waals surface area contributed by atoms with Gasteiger partial charge in [0.05, 0.1) is 0 Å². The van der Waals surface area contributed by atoms with Crippen molar-refractivity contribution in [2.75, 3.05) is 39.4 Å². The summed E-state index contributed by atoms with van der Waals surface area (Å²) in [6.45, 7) is 6.56. The second kappa shape index (κ2) is 7.36. The van der Waals surface area contributed by atoms with E-state index < -0.39 is 0 Å². The van der Waals surface area contributed by atoms with Crippen molar-refractivity contribution in [2.45, 2.75) is 51.5 Å². The molecule has 1 amide bonds. The second-order valence-electron chi connectivity index (χ2n) is 6.56. The van der Waals surface area contributed by atoms with Gasteiger partial charge in [-0.3, -0.25) is 9.69 Å². The summed E-state index contributed by atoms with van der Waals surface area (Å²) in [5.74, 6) is 1.05. The van der Waals surface area contributed by atoms with E-state index in [1.165, 1.54) is 32.1 Å². The van der Waals surface area contributed by atoms with Gasteiger partial charge in [0, 0.05) is 32.2 Å². The zero-order valence-corrected chi connectivity index (χ0v) is 13.7. The Morgan fingerprint density at radius 1 is 0.955 bits per heavy atom. The third-order valence-corrected chi connectivity index (χ3v) is 5.07. The Balaban J connectivity index is 1.58. The average Bonchev–Trinajstić information content (AvgIpc) is 2.81. The first-order valence-corrected chi connectivity index (χ1v) is 8.75. The van der Waals surface area contributed by atoms with Gasteiger partial charge in [0.1, 0.15) is 19.0 Å². The normalized spacial score (nSPS) is 25.4. The van der Waals surface area contributed by atoms with Crippen molar-refractivity contribution >= 4 is 5.91 Å². The van der Waals surface area contributed by atoms with Gasteiger partial charge in [-0.15, -0.1) is 0 Å². The van der Waals surface area contributed by atoms with Crippen LogP contribution in [0.1, 0.15) is 45.4 Å². The van der Waals surface area contributed by atoms with Crippen molar-refractivity contribution in [1.82, 2.24) is 9.80 Å². The summed E-state index contributed by atoms with van der Waals surface area (Å²) < 4.78 is 11.0. The van der Waals surface area contributed by atoms with E-state index in [-0.39, 0.29) is 5.91 Å². The summed E-state index contributed by atoms with van der Waals surface area (Å²) in [5, 5.41) is 0. The van der Waals surface area contributed by atoms with Crippen molar-refractivity contribution in [1.29, 1.82) is 0 Å². The average molecular weight is 308 g/mol. The van der Waals surface area contributed by atoms with E-state index in [4.69, 9.17) is 9.47 Å². The molecule has 2 aliphatic heterocycles. The van der Waals surface area contributed by atoms with E-state index >= 15 is 0 Å². The zero-order valence-electron chi connectivity index (χ0n) is 13.7. The van der Waals surface area contributed by atoms with Crippen LogP contribution in [0.15, 0.2) is 11.5 Å². The van der Waals surface area contributed by atoms with E-state index in [0.29, 0.717) is 24.7 Å². The van der Waals surface area contributed by atoms with Crippen LogP contribution < -0.4 is 0 Å². The van der Waals surface area contributed by atoms with Gasteiger partial charge in [0.25, 0.3) is 5.91 Å². The number of carbonyl (C=O) groups is 1. The third kappa shape index (κ3) is 3.57. The molecule has 0 N–H and O–H groups in total. The largest absolute Gasteiger partial charge is 0.491 e. The van der Waals surface area contributed by atoms with Crippen molar-refractivity contribution in [3.63, 3.8) is 0 Å². The highest BCUT2D eigenvalue weighted by molar-refractivity contribution is 5.92. The van der Waals surface area contributed by atoms with Crippen LogP contribution in [0.5, 0.6) is 0 Å². The Morgan fingerprint density at radius 3 is 2.50 bits per heavy atom. The molecular formula is C17H28N2O3. The van der Waals surface area contributed by atoms with Crippen LogP contribution in [0, 0.1) is 0 Å². The quantitative estimate of drug-likeness (QED) is 0.784. The molecule has 0 unspecified atom stereocenters. The standard InChI is InChI=1S/C17H28N2O3/c1-14-16(22-13-12-21-14)17(20)19-9-5-8-18(10-11-19)15-6-3-2-4-7-15/h15H,2-13H2,1H3. The van der Waals surface area contributed by atoms with Crippen LogP contribution in [0.25, 0.3) is 0 Å². The minimum atomic E-state index is 0.00249. The molecule has 3 rings (SSSR count). The molecule has 0 aromatic heterocycles. The number of rotatable bonds is 2. The predicted octanol–water partition coefficient (Wildman–Crippen LogP) is 2.13. The molecule has 124 valence electrons. The number of amides is 1. The number of allylic oxidation sites excluding steroid dienone is 1. The lowest BCUT2D eigenvalue weighted by atomic mass is 9.94. The van der Waals surface area contributed by atoms with Gasteiger partial charge in [-0.25, -0.2) is 0 Å². The van der Waals surface area contributed by atoms with Gasteiger partial charge in [0.15, 0.2) is 0 Å². The maximum atomic E-state index is 12.6. The molecule has 1 aliphatic carbocycles. The molecule has 0 radical (unpaired) electrons. The van der Waals surface area contributed by atoms with Gasteiger partial charge in [-0.1, -0.05) is 19.3 Å². The van der Waals surface area contributed by atoms with E-state index in [9.17, 15) is 4.79 Å².